The van der Waals surface area contributed by atoms with Gasteiger partial charge in [0, 0.05) is 37.0 Å². The van der Waals surface area contributed by atoms with E-state index in [-0.39, 0.29) is 5.78 Å². The summed E-state index contributed by atoms with van der Waals surface area (Å²) < 4.78 is 5.68. The predicted octanol–water partition coefficient (Wildman–Crippen LogP) is 4.18. The van der Waals surface area contributed by atoms with Crippen LogP contribution in [0.1, 0.15) is 15.9 Å². The second-order valence-corrected chi connectivity index (χ2v) is 5.52. The average Bonchev–Trinajstić information content (AvgIpc) is 2.52. The first-order chi connectivity index (χ1) is 10.5. The number of allylic oxidation sites excluding steroid dienone is 1. The van der Waals surface area contributed by atoms with Crippen LogP contribution in [0.5, 0.6) is 5.75 Å². The van der Waals surface area contributed by atoms with Gasteiger partial charge in [0.25, 0.3) is 0 Å². The first kappa shape index (κ1) is 16.1. The summed E-state index contributed by atoms with van der Waals surface area (Å²) in [5, 5.41) is 0.706. The Kier molecular flexibility index (Phi) is 5.61. The normalized spacial score (nSPS) is 10.7. The van der Waals surface area contributed by atoms with Gasteiger partial charge >= 0.3 is 0 Å². The monoisotopic (exact) mass is 315 g/mol. The smallest absolute Gasteiger partial charge is 0.187 e. The van der Waals surface area contributed by atoms with Crippen molar-refractivity contribution in [3.63, 3.8) is 0 Å². The summed E-state index contributed by atoms with van der Waals surface area (Å²) in [5.41, 5.74) is 1.68. The van der Waals surface area contributed by atoms with E-state index in [2.05, 4.69) is 0 Å². The largest absolute Gasteiger partial charge is 0.489 e. The first-order valence-electron chi connectivity index (χ1n) is 6.91. The molecular weight excluding hydrogens is 298 g/mol. The maximum absolute atomic E-state index is 11.9. The topological polar surface area (TPSA) is 29.5 Å². The van der Waals surface area contributed by atoms with Crippen molar-refractivity contribution in [3.8, 4) is 5.75 Å². The zero-order valence-corrected chi connectivity index (χ0v) is 13.4. The molecule has 0 aromatic heterocycles. The molecule has 114 valence electrons. The Labute approximate surface area is 135 Å². The lowest BCUT2D eigenvalue weighted by Gasteiger charge is -2.07. The van der Waals surface area contributed by atoms with Crippen molar-refractivity contribution in [2.75, 3.05) is 14.1 Å². The highest BCUT2D eigenvalue weighted by Gasteiger charge is 2.02. The third-order valence-electron chi connectivity index (χ3n) is 2.98. The summed E-state index contributed by atoms with van der Waals surface area (Å²) in [4.78, 5) is 13.7. The van der Waals surface area contributed by atoms with Crippen molar-refractivity contribution in [2.24, 2.45) is 0 Å². The van der Waals surface area contributed by atoms with Crippen molar-refractivity contribution in [3.05, 3.63) is 77.0 Å². The summed E-state index contributed by atoms with van der Waals surface area (Å²) in [6.45, 7) is 0.463. The van der Waals surface area contributed by atoms with Crippen LogP contribution < -0.4 is 4.74 Å². The highest BCUT2D eigenvalue weighted by atomic mass is 35.5. The molecule has 0 saturated carbocycles. The van der Waals surface area contributed by atoms with Gasteiger partial charge in [-0.05, 0) is 42.0 Å². The van der Waals surface area contributed by atoms with E-state index >= 15 is 0 Å². The maximum atomic E-state index is 11.9. The molecule has 0 heterocycles. The van der Waals surface area contributed by atoms with Gasteiger partial charge in [-0.15, -0.1) is 0 Å². The predicted molar refractivity (Wildman–Crippen MR) is 89.4 cm³/mol. The fourth-order valence-electron chi connectivity index (χ4n) is 1.78. The minimum Gasteiger partial charge on any atom is -0.489 e. The van der Waals surface area contributed by atoms with Crippen molar-refractivity contribution in [1.82, 2.24) is 4.90 Å². The minimum atomic E-state index is -0.0297. The zero-order valence-electron chi connectivity index (χ0n) is 12.6. The van der Waals surface area contributed by atoms with E-state index in [0.717, 1.165) is 11.3 Å². The molecule has 0 N–H and O–H groups in total. The van der Waals surface area contributed by atoms with E-state index in [9.17, 15) is 4.79 Å². The molecule has 0 spiro atoms. The van der Waals surface area contributed by atoms with Gasteiger partial charge in [0.15, 0.2) is 5.78 Å². The SMILES string of the molecule is CN(C)/C=C/C(=O)c1ccc(OCc2ccc(Cl)cc2)cc1. The van der Waals surface area contributed by atoms with Gasteiger partial charge in [-0.1, -0.05) is 23.7 Å². The number of hydrogen-bond donors (Lipinski definition) is 0. The molecule has 0 aliphatic rings. The second kappa shape index (κ2) is 7.66. The number of benzene rings is 2. The highest BCUT2D eigenvalue weighted by Crippen LogP contribution is 2.16. The first-order valence-corrected chi connectivity index (χ1v) is 7.28. The number of carbonyl (C=O) groups is 1. The third-order valence-corrected chi connectivity index (χ3v) is 3.23. The Morgan fingerprint density at radius 3 is 2.32 bits per heavy atom. The van der Waals surface area contributed by atoms with Gasteiger partial charge in [-0.25, -0.2) is 0 Å². The van der Waals surface area contributed by atoms with Crippen LogP contribution in [0.3, 0.4) is 0 Å². The van der Waals surface area contributed by atoms with Crippen LogP contribution >= 0.6 is 11.6 Å². The fraction of sp³-hybridized carbons (Fsp3) is 0.167. The highest BCUT2D eigenvalue weighted by molar-refractivity contribution is 6.30. The molecule has 3 nitrogen and oxygen atoms in total. The molecular formula is C18H18ClNO2. The van der Waals surface area contributed by atoms with E-state index in [0.29, 0.717) is 17.2 Å². The zero-order chi connectivity index (χ0) is 15.9. The summed E-state index contributed by atoms with van der Waals surface area (Å²) in [6, 6.07) is 14.6. The molecule has 2 rings (SSSR count). The van der Waals surface area contributed by atoms with Crippen molar-refractivity contribution in [1.29, 1.82) is 0 Å². The lowest BCUT2D eigenvalue weighted by molar-refractivity contribution is 0.104. The summed E-state index contributed by atoms with van der Waals surface area (Å²) in [5.74, 6) is 0.695. The number of ketones is 1. The minimum absolute atomic E-state index is 0.0297. The van der Waals surface area contributed by atoms with Crippen LogP contribution in [0.15, 0.2) is 60.8 Å². The molecule has 0 radical (unpaired) electrons. The molecule has 2 aromatic rings. The van der Waals surface area contributed by atoms with Crippen LogP contribution in [0.25, 0.3) is 0 Å². The number of hydrogen-bond acceptors (Lipinski definition) is 3. The average molecular weight is 316 g/mol. The van der Waals surface area contributed by atoms with Gasteiger partial charge in [-0.2, -0.15) is 0 Å². The molecule has 2 aromatic carbocycles. The number of carbonyl (C=O) groups excluding carboxylic acids is 1. The van der Waals surface area contributed by atoms with Crippen LogP contribution in [0.4, 0.5) is 0 Å². The molecule has 0 fully saturated rings. The molecule has 0 amide bonds. The Morgan fingerprint density at radius 2 is 1.73 bits per heavy atom. The Morgan fingerprint density at radius 1 is 1.09 bits per heavy atom. The van der Waals surface area contributed by atoms with Gasteiger partial charge in [0.05, 0.1) is 0 Å². The van der Waals surface area contributed by atoms with Gasteiger partial charge in [0.2, 0.25) is 0 Å². The number of nitrogens with zero attached hydrogens (tertiary/aromatic N) is 1. The summed E-state index contributed by atoms with van der Waals surface area (Å²) >= 11 is 5.84. The van der Waals surface area contributed by atoms with Crippen LogP contribution in [0.2, 0.25) is 5.02 Å². The van der Waals surface area contributed by atoms with E-state index in [1.54, 1.807) is 36.5 Å². The lowest BCUT2D eigenvalue weighted by Crippen LogP contribution is -2.03. The van der Waals surface area contributed by atoms with E-state index in [1.807, 2.05) is 43.3 Å². The van der Waals surface area contributed by atoms with Crippen LogP contribution in [-0.2, 0) is 6.61 Å². The number of halogens is 1. The van der Waals surface area contributed by atoms with Gasteiger partial charge in [-0.3, -0.25) is 4.79 Å². The third kappa shape index (κ3) is 4.93. The molecule has 4 heteroatoms. The van der Waals surface area contributed by atoms with E-state index in [1.165, 1.54) is 0 Å². The molecule has 22 heavy (non-hydrogen) atoms. The maximum Gasteiger partial charge on any atom is 0.187 e. The molecule has 0 unspecified atom stereocenters. The summed E-state index contributed by atoms with van der Waals surface area (Å²) in [7, 11) is 3.75. The molecule has 0 bridgehead atoms. The Balaban J connectivity index is 1.94. The van der Waals surface area contributed by atoms with Crippen LogP contribution in [0, 0.1) is 0 Å². The molecule has 0 saturated heterocycles. The standard InChI is InChI=1S/C18H18ClNO2/c1-20(2)12-11-18(21)15-5-9-17(10-6-15)22-13-14-3-7-16(19)8-4-14/h3-12H,13H2,1-2H3/b12-11+. The quantitative estimate of drug-likeness (QED) is 0.591. The second-order valence-electron chi connectivity index (χ2n) is 5.08. The van der Waals surface area contributed by atoms with E-state index < -0.39 is 0 Å². The number of rotatable bonds is 6. The summed E-state index contributed by atoms with van der Waals surface area (Å²) in [6.07, 6.45) is 3.27. The Bertz CT molecular complexity index is 646. The van der Waals surface area contributed by atoms with Crippen LogP contribution in [-0.4, -0.2) is 24.8 Å². The van der Waals surface area contributed by atoms with Crippen molar-refractivity contribution < 1.29 is 9.53 Å². The van der Waals surface area contributed by atoms with Gasteiger partial charge < -0.3 is 9.64 Å². The van der Waals surface area contributed by atoms with Crippen molar-refractivity contribution in [2.45, 2.75) is 6.61 Å². The van der Waals surface area contributed by atoms with Crippen molar-refractivity contribution >= 4 is 17.4 Å². The molecule has 0 aliphatic carbocycles. The van der Waals surface area contributed by atoms with E-state index in [4.69, 9.17) is 16.3 Å². The number of ether oxygens (including phenoxy) is 1. The molecule has 0 aliphatic heterocycles. The van der Waals surface area contributed by atoms with Gasteiger partial charge in [0.1, 0.15) is 12.4 Å². The molecule has 0 atom stereocenters. The Hall–Kier alpha value is -2.26. The fourth-order valence-corrected chi connectivity index (χ4v) is 1.90. The lowest BCUT2D eigenvalue weighted by atomic mass is 10.1.